The molecule has 1 fully saturated rings. The summed E-state index contributed by atoms with van der Waals surface area (Å²) in [6.07, 6.45) is 2.30. The van der Waals surface area contributed by atoms with Gasteiger partial charge >= 0.3 is 0 Å². The Bertz CT molecular complexity index is 1030. The number of nitro benzene ring substituents is 1. The van der Waals surface area contributed by atoms with Crippen molar-refractivity contribution in [3.63, 3.8) is 0 Å². The van der Waals surface area contributed by atoms with E-state index in [4.69, 9.17) is 12.2 Å². The van der Waals surface area contributed by atoms with E-state index in [-0.39, 0.29) is 29.6 Å². The summed E-state index contributed by atoms with van der Waals surface area (Å²) in [5.41, 5.74) is 2.05. The molecule has 0 aromatic heterocycles. The van der Waals surface area contributed by atoms with E-state index >= 15 is 0 Å². The van der Waals surface area contributed by atoms with Gasteiger partial charge < -0.3 is 5.32 Å². The van der Waals surface area contributed by atoms with Crippen LogP contribution in [0.1, 0.15) is 24.0 Å². The van der Waals surface area contributed by atoms with E-state index in [2.05, 4.69) is 5.32 Å². The predicted octanol–water partition coefficient (Wildman–Crippen LogP) is 4.52. The fourth-order valence-electron chi connectivity index (χ4n) is 2.86. The summed E-state index contributed by atoms with van der Waals surface area (Å²) < 4.78 is 0.456. The SMILES string of the molecule is Cc1ccc(/C=C2\SC(=S)N(CCCC(=O)Nc3ccccc3[N+](=O)[O-])C2=O)cc1. The molecular weight excluding hydrogens is 422 g/mol. The van der Waals surface area contributed by atoms with E-state index in [1.807, 2.05) is 31.2 Å². The quantitative estimate of drug-likeness (QED) is 0.294. The molecule has 2 aromatic carbocycles. The van der Waals surface area contributed by atoms with Gasteiger partial charge in [-0.2, -0.15) is 0 Å². The minimum Gasteiger partial charge on any atom is -0.320 e. The van der Waals surface area contributed by atoms with Gasteiger partial charge in [0.05, 0.1) is 9.83 Å². The van der Waals surface area contributed by atoms with Crippen LogP contribution in [0.15, 0.2) is 53.4 Å². The molecule has 9 heteroatoms. The molecule has 2 amide bonds. The Kier molecular flexibility index (Phi) is 6.96. The van der Waals surface area contributed by atoms with Gasteiger partial charge in [-0.25, -0.2) is 0 Å². The molecule has 0 saturated carbocycles. The molecule has 2 aromatic rings. The highest BCUT2D eigenvalue weighted by atomic mass is 32.2. The smallest absolute Gasteiger partial charge is 0.292 e. The van der Waals surface area contributed by atoms with E-state index in [1.54, 1.807) is 12.1 Å². The highest BCUT2D eigenvalue weighted by molar-refractivity contribution is 8.26. The third kappa shape index (κ3) is 5.31. The number of nitrogens with one attached hydrogen (secondary N) is 1. The topological polar surface area (TPSA) is 92.6 Å². The van der Waals surface area contributed by atoms with Gasteiger partial charge in [-0.3, -0.25) is 24.6 Å². The fourth-order valence-corrected chi connectivity index (χ4v) is 4.16. The van der Waals surface area contributed by atoms with Crippen molar-refractivity contribution in [1.29, 1.82) is 0 Å². The molecule has 1 heterocycles. The van der Waals surface area contributed by atoms with Gasteiger partial charge in [-0.1, -0.05) is 65.9 Å². The van der Waals surface area contributed by atoms with Crippen molar-refractivity contribution in [2.24, 2.45) is 0 Å². The largest absolute Gasteiger partial charge is 0.320 e. The van der Waals surface area contributed by atoms with Gasteiger partial charge in [-0.05, 0) is 31.1 Å². The average molecular weight is 442 g/mol. The predicted molar refractivity (Wildman–Crippen MR) is 122 cm³/mol. The lowest BCUT2D eigenvalue weighted by molar-refractivity contribution is -0.383. The lowest BCUT2D eigenvalue weighted by Gasteiger charge is -2.14. The molecule has 1 aliphatic heterocycles. The second-order valence-electron chi connectivity index (χ2n) is 6.67. The molecule has 30 heavy (non-hydrogen) atoms. The molecule has 1 aliphatic rings. The van der Waals surface area contributed by atoms with Gasteiger partial charge in [0.25, 0.3) is 11.6 Å². The Morgan fingerprint density at radius 2 is 1.93 bits per heavy atom. The molecule has 0 spiro atoms. The maximum absolute atomic E-state index is 12.6. The van der Waals surface area contributed by atoms with Crippen molar-refractivity contribution in [1.82, 2.24) is 4.90 Å². The van der Waals surface area contributed by atoms with Crippen LogP contribution in [0.25, 0.3) is 6.08 Å². The van der Waals surface area contributed by atoms with Crippen molar-refractivity contribution in [2.75, 3.05) is 11.9 Å². The summed E-state index contributed by atoms with van der Waals surface area (Å²) in [5, 5.41) is 13.6. The molecule has 154 valence electrons. The zero-order chi connectivity index (χ0) is 21.7. The van der Waals surface area contributed by atoms with Gasteiger partial charge in [0, 0.05) is 19.0 Å². The van der Waals surface area contributed by atoms with Gasteiger partial charge in [0.15, 0.2) is 0 Å². The Labute approximate surface area is 183 Å². The summed E-state index contributed by atoms with van der Waals surface area (Å²) in [6.45, 7) is 2.30. The van der Waals surface area contributed by atoms with Crippen LogP contribution in [0.3, 0.4) is 0 Å². The van der Waals surface area contributed by atoms with E-state index in [9.17, 15) is 19.7 Å². The van der Waals surface area contributed by atoms with Crippen molar-refractivity contribution in [2.45, 2.75) is 19.8 Å². The van der Waals surface area contributed by atoms with Gasteiger partial charge in [-0.15, -0.1) is 0 Å². The van der Waals surface area contributed by atoms with Gasteiger partial charge in [0.1, 0.15) is 10.0 Å². The molecule has 0 radical (unpaired) electrons. The summed E-state index contributed by atoms with van der Waals surface area (Å²) >= 11 is 6.55. The van der Waals surface area contributed by atoms with Crippen molar-refractivity contribution in [3.05, 3.63) is 74.7 Å². The van der Waals surface area contributed by atoms with Gasteiger partial charge in [0.2, 0.25) is 5.91 Å². The number of anilines is 1. The van der Waals surface area contributed by atoms with Crippen LogP contribution in [0.4, 0.5) is 11.4 Å². The number of hydrogen-bond acceptors (Lipinski definition) is 6. The summed E-state index contributed by atoms with van der Waals surface area (Å²) in [7, 11) is 0. The number of amides is 2. The lowest BCUT2D eigenvalue weighted by Crippen LogP contribution is -2.29. The van der Waals surface area contributed by atoms with Crippen LogP contribution in [0.2, 0.25) is 0 Å². The van der Waals surface area contributed by atoms with Crippen molar-refractivity contribution < 1.29 is 14.5 Å². The summed E-state index contributed by atoms with van der Waals surface area (Å²) in [4.78, 5) is 37.3. The molecule has 1 saturated heterocycles. The van der Waals surface area contributed by atoms with Crippen molar-refractivity contribution >= 4 is 57.6 Å². The Balaban J connectivity index is 1.55. The molecule has 0 unspecified atom stereocenters. The zero-order valence-corrected chi connectivity index (χ0v) is 17.8. The normalized spacial score (nSPS) is 15.0. The van der Waals surface area contributed by atoms with Crippen LogP contribution in [0, 0.1) is 17.0 Å². The number of benzene rings is 2. The first-order chi connectivity index (χ1) is 14.3. The molecular formula is C21H19N3O4S2. The molecule has 3 rings (SSSR count). The minimum absolute atomic E-state index is 0.111. The summed E-state index contributed by atoms with van der Waals surface area (Å²) in [5.74, 6) is -0.533. The van der Waals surface area contributed by atoms with Crippen LogP contribution in [-0.4, -0.2) is 32.5 Å². The Morgan fingerprint density at radius 3 is 2.63 bits per heavy atom. The lowest BCUT2D eigenvalue weighted by atomic mass is 10.1. The first-order valence-corrected chi connectivity index (χ1v) is 10.4. The minimum atomic E-state index is -0.546. The van der Waals surface area contributed by atoms with Crippen molar-refractivity contribution in [3.8, 4) is 0 Å². The first kappa shape index (κ1) is 21.7. The Morgan fingerprint density at radius 1 is 1.23 bits per heavy atom. The van der Waals surface area contributed by atoms with E-state index in [0.717, 1.165) is 11.1 Å². The fraction of sp³-hybridized carbons (Fsp3) is 0.190. The highest BCUT2D eigenvalue weighted by Gasteiger charge is 2.31. The molecule has 1 N–H and O–H groups in total. The number of thioether (sulfide) groups is 1. The maximum atomic E-state index is 12.6. The van der Waals surface area contributed by atoms with E-state index < -0.39 is 4.92 Å². The first-order valence-electron chi connectivity index (χ1n) is 9.20. The number of para-hydroxylation sites is 2. The number of thiocarbonyl (C=S) groups is 1. The summed E-state index contributed by atoms with van der Waals surface area (Å²) in [6, 6.07) is 13.8. The standard InChI is InChI=1S/C21H19N3O4S2/c1-14-8-10-15(11-9-14)13-18-20(26)23(21(29)30-18)12-4-7-19(25)22-16-5-2-3-6-17(16)24(27)28/h2-3,5-6,8-11,13H,4,7,12H2,1H3,(H,22,25)/b18-13-. The molecule has 0 atom stereocenters. The van der Waals surface area contributed by atoms with Crippen LogP contribution in [0.5, 0.6) is 0 Å². The molecule has 7 nitrogen and oxygen atoms in total. The monoisotopic (exact) mass is 441 g/mol. The Hall–Kier alpha value is -3.04. The van der Waals surface area contributed by atoms with Crippen LogP contribution in [-0.2, 0) is 9.59 Å². The number of nitro groups is 1. The molecule has 0 aliphatic carbocycles. The zero-order valence-electron chi connectivity index (χ0n) is 16.2. The van der Waals surface area contributed by atoms with E-state index in [0.29, 0.717) is 22.2 Å². The maximum Gasteiger partial charge on any atom is 0.292 e. The highest BCUT2D eigenvalue weighted by Crippen LogP contribution is 2.32. The van der Waals surface area contributed by atoms with E-state index in [1.165, 1.54) is 34.9 Å². The molecule has 0 bridgehead atoms. The number of aryl methyl sites for hydroxylation is 1. The van der Waals surface area contributed by atoms with Crippen LogP contribution >= 0.6 is 24.0 Å². The number of carbonyl (C=O) groups excluding carboxylic acids is 2. The average Bonchev–Trinajstić information content (AvgIpc) is 2.97. The number of rotatable bonds is 7. The third-order valence-electron chi connectivity index (χ3n) is 4.41. The number of hydrogen-bond donors (Lipinski definition) is 1. The number of nitrogens with zero attached hydrogens (tertiary/aromatic N) is 2. The van der Waals surface area contributed by atoms with Crippen LogP contribution < -0.4 is 5.32 Å². The third-order valence-corrected chi connectivity index (χ3v) is 5.79. The second kappa shape index (κ2) is 9.64. The number of carbonyl (C=O) groups is 2. The second-order valence-corrected chi connectivity index (χ2v) is 8.35.